The van der Waals surface area contributed by atoms with Crippen LogP contribution in [0.3, 0.4) is 0 Å². The first kappa shape index (κ1) is 21.1. The number of carbonyl (C=O) groups is 2. The molecule has 0 fully saturated rings. The van der Waals surface area contributed by atoms with E-state index in [1.165, 1.54) is 12.1 Å². The highest BCUT2D eigenvalue weighted by molar-refractivity contribution is 6.30. The minimum atomic E-state index is -0.709. The Labute approximate surface area is 185 Å². The minimum absolute atomic E-state index is 0.0166. The molecule has 4 nitrogen and oxygen atoms in total. The molecule has 2 atom stereocenters. The average molecular weight is 437 g/mol. The molecule has 31 heavy (non-hydrogen) atoms. The van der Waals surface area contributed by atoms with E-state index in [0.29, 0.717) is 22.7 Å². The number of hydrogen-bond donors (Lipinski definition) is 1. The lowest BCUT2D eigenvalue weighted by Crippen LogP contribution is -2.40. The Morgan fingerprint density at radius 2 is 1.74 bits per heavy atom. The van der Waals surface area contributed by atoms with Crippen molar-refractivity contribution < 1.29 is 14.0 Å². The minimum Gasteiger partial charge on any atom is -0.350 e. The number of fused-ring (bicyclic) bond motifs is 1. The summed E-state index contributed by atoms with van der Waals surface area (Å²) in [7, 11) is 0. The van der Waals surface area contributed by atoms with E-state index in [2.05, 4.69) is 5.32 Å². The molecule has 1 N–H and O–H groups in total. The Kier molecular flexibility index (Phi) is 6.05. The van der Waals surface area contributed by atoms with Crippen molar-refractivity contribution in [3.63, 3.8) is 0 Å². The van der Waals surface area contributed by atoms with Gasteiger partial charge in [0.25, 0.3) is 5.91 Å². The maximum absolute atomic E-state index is 13.2. The van der Waals surface area contributed by atoms with Gasteiger partial charge in [-0.15, -0.1) is 0 Å². The number of nitrogens with zero attached hydrogens (tertiary/aromatic N) is 1. The number of nitrogens with one attached hydrogen (secondary N) is 1. The molecule has 0 radical (unpaired) electrons. The van der Waals surface area contributed by atoms with Gasteiger partial charge in [0.2, 0.25) is 5.91 Å². The third-order valence-electron chi connectivity index (χ3n) is 5.60. The van der Waals surface area contributed by atoms with Crippen LogP contribution in [0.1, 0.15) is 45.9 Å². The molecule has 0 saturated heterocycles. The van der Waals surface area contributed by atoms with Gasteiger partial charge < -0.3 is 10.2 Å². The van der Waals surface area contributed by atoms with Crippen LogP contribution < -0.4 is 5.32 Å². The highest BCUT2D eigenvalue weighted by Gasteiger charge is 2.41. The summed E-state index contributed by atoms with van der Waals surface area (Å²) < 4.78 is 13.1. The number of rotatable bonds is 6. The predicted molar refractivity (Wildman–Crippen MR) is 118 cm³/mol. The summed E-state index contributed by atoms with van der Waals surface area (Å²) in [5, 5.41) is 3.55. The molecule has 1 heterocycles. The number of hydrogen-bond acceptors (Lipinski definition) is 2. The topological polar surface area (TPSA) is 49.4 Å². The van der Waals surface area contributed by atoms with Crippen LogP contribution >= 0.6 is 11.6 Å². The smallest absolute Gasteiger partial charge is 0.255 e. The third-order valence-corrected chi connectivity index (χ3v) is 5.85. The zero-order valence-corrected chi connectivity index (χ0v) is 17.8. The zero-order chi connectivity index (χ0) is 22.0. The van der Waals surface area contributed by atoms with E-state index in [1.807, 2.05) is 43.3 Å². The molecule has 1 aliphatic rings. The summed E-state index contributed by atoms with van der Waals surface area (Å²) in [6.45, 7) is 2.67. The van der Waals surface area contributed by atoms with Crippen molar-refractivity contribution >= 4 is 23.4 Å². The Hall–Kier alpha value is -3.18. The second kappa shape index (κ2) is 8.90. The van der Waals surface area contributed by atoms with Crippen LogP contribution in [0.5, 0.6) is 0 Å². The standard InChI is InChI=1S/C25H22ClFN2O2/c1-16(18-8-10-19(26)11-9-18)15-29-23(21-4-2-3-5-22(21)25(29)31)24(30)28-14-17-6-12-20(27)13-7-17/h2-13,16,23H,14-15H2,1H3,(H,28,30). The fourth-order valence-corrected chi connectivity index (χ4v) is 4.05. The Morgan fingerprint density at radius 1 is 1.06 bits per heavy atom. The second-order valence-electron chi connectivity index (χ2n) is 7.74. The van der Waals surface area contributed by atoms with E-state index >= 15 is 0 Å². The van der Waals surface area contributed by atoms with Gasteiger partial charge in [0.15, 0.2) is 0 Å². The first-order valence-corrected chi connectivity index (χ1v) is 10.5. The van der Waals surface area contributed by atoms with Gasteiger partial charge in [0.1, 0.15) is 11.9 Å². The monoisotopic (exact) mass is 436 g/mol. The van der Waals surface area contributed by atoms with E-state index in [-0.39, 0.29) is 30.1 Å². The van der Waals surface area contributed by atoms with Crippen LogP contribution in [0.2, 0.25) is 5.02 Å². The van der Waals surface area contributed by atoms with Crippen LogP contribution in [0.15, 0.2) is 72.8 Å². The van der Waals surface area contributed by atoms with Crippen LogP contribution in [0.4, 0.5) is 4.39 Å². The van der Waals surface area contributed by atoms with Gasteiger partial charge in [-0.2, -0.15) is 0 Å². The number of halogens is 2. The molecule has 1 aliphatic heterocycles. The molecule has 0 bridgehead atoms. The number of carbonyl (C=O) groups excluding carboxylic acids is 2. The summed E-state index contributed by atoms with van der Waals surface area (Å²) in [4.78, 5) is 27.9. The van der Waals surface area contributed by atoms with E-state index < -0.39 is 6.04 Å². The van der Waals surface area contributed by atoms with Crippen LogP contribution in [0.25, 0.3) is 0 Å². The van der Waals surface area contributed by atoms with Crippen molar-refractivity contribution in [2.24, 2.45) is 0 Å². The van der Waals surface area contributed by atoms with Crippen LogP contribution in [-0.2, 0) is 11.3 Å². The van der Waals surface area contributed by atoms with E-state index in [4.69, 9.17) is 11.6 Å². The molecule has 0 aromatic heterocycles. The summed E-state index contributed by atoms with van der Waals surface area (Å²) in [6.07, 6.45) is 0. The van der Waals surface area contributed by atoms with Gasteiger partial charge in [-0.05, 0) is 52.9 Å². The molecule has 2 unspecified atom stereocenters. The lowest BCUT2D eigenvalue weighted by molar-refractivity contribution is -0.125. The first-order valence-electron chi connectivity index (χ1n) is 10.1. The van der Waals surface area contributed by atoms with Crippen molar-refractivity contribution in [3.05, 3.63) is 106 Å². The summed E-state index contributed by atoms with van der Waals surface area (Å²) >= 11 is 5.99. The molecular weight excluding hydrogens is 415 g/mol. The Balaban J connectivity index is 1.55. The van der Waals surface area contributed by atoms with Crippen molar-refractivity contribution in [1.82, 2.24) is 10.2 Å². The van der Waals surface area contributed by atoms with Crippen molar-refractivity contribution in [1.29, 1.82) is 0 Å². The molecule has 4 rings (SSSR count). The van der Waals surface area contributed by atoms with Crippen LogP contribution in [-0.4, -0.2) is 23.3 Å². The molecule has 3 aromatic rings. The first-order chi connectivity index (χ1) is 14.9. The summed E-state index contributed by atoms with van der Waals surface area (Å²) in [5.74, 6) is -0.722. The maximum atomic E-state index is 13.2. The normalized spacial score (nSPS) is 16.2. The lowest BCUT2D eigenvalue weighted by atomic mass is 9.99. The van der Waals surface area contributed by atoms with Gasteiger partial charge in [-0.1, -0.05) is 61.0 Å². The quantitative estimate of drug-likeness (QED) is 0.584. The highest BCUT2D eigenvalue weighted by atomic mass is 35.5. The summed E-state index contributed by atoms with van der Waals surface area (Å²) in [6, 6.07) is 20.0. The van der Waals surface area contributed by atoms with Gasteiger partial charge in [-0.25, -0.2) is 4.39 Å². The van der Waals surface area contributed by atoms with Gasteiger partial charge in [-0.3, -0.25) is 9.59 Å². The molecule has 2 amide bonds. The van der Waals surface area contributed by atoms with Gasteiger partial charge in [0.05, 0.1) is 0 Å². The van der Waals surface area contributed by atoms with Crippen molar-refractivity contribution in [3.8, 4) is 0 Å². The van der Waals surface area contributed by atoms with Crippen LogP contribution in [0, 0.1) is 5.82 Å². The fraction of sp³-hybridized carbons (Fsp3) is 0.200. The fourth-order valence-electron chi connectivity index (χ4n) is 3.92. The molecule has 158 valence electrons. The van der Waals surface area contributed by atoms with E-state index in [0.717, 1.165) is 11.1 Å². The van der Waals surface area contributed by atoms with Crippen molar-refractivity contribution in [2.45, 2.75) is 25.4 Å². The second-order valence-corrected chi connectivity index (χ2v) is 8.18. The zero-order valence-electron chi connectivity index (χ0n) is 17.0. The lowest BCUT2D eigenvalue weighted by Gasteiger charge is -2.27. The molecule has 0 aliphatic carbocycles. The maximum Gasteiger partial charge on any atom is 0.255 e. The molecule has 0 saturated carbocycles. The van der Waals surface area contributed by atoms with Crippen molar-refractivity contribution in [2.75, 3.05) is 6.54 Å². The Morgan fingerprint density at radius 3 is 2.45 bits per heavy atom. The number of amides is 2. The van der Waals surface area contributed by atoms with Gasteiger partial charge in [0, 0.05) is 23.7 Å². The SMILES string of the molecule is CC(CN1C(=O)c2ccccc2C1C(=O)NCc1ccc(F)cc1)c1ccc(Cl)cc1. The number of benzene rings is 3. The third kappa shape index (κ3) is 4.47. The van der Waals surface area contributed by atoms with Gasteiger partial charge >= 0.3 is 0 Å². The van der Waals surface area contributed by atoms with E-state index in [1.54, 1.807) is 29.2 Å². The highest BCUT2D eigenvalue weighted by Crippen LogP contribution is 2.35. The molecule has 3 aromatic carbocycles. The average Bonchev–Trinajstić information content (AvgIpc) is 3.05. The molecular formula is C25H22ClFN2O2. The largest absolute Gasteiger partial charge is 0.350 e. The summed E-state index contributed by atoms with van der Waals surface area (Å²) in [5.41, 5.74) is 3.08. The Bertz CT molecular complexity index is 1100. The van der Waals surface area contributed by atoms with E-state index in [9.17, 15) is 14.0 Å². The molecule has 6 heteroatoms. The molecule has 0 spiro atoms. The predicted octanol–water partition coefficient (Wildman–Crippen LogP) is 5.10.